The molecule has 0 aliphatic carbocycles. The van der Waals surface area contributed by atoms with Crippen molar-refractivity contribution in [2.45, 2.75) is 13.5 Å². The average Bonchev–Trinajstić information content (AvgIpc) is 2.39. The summed E-state index contributed by atoms with van der Waals surface area (Å²) in [5.41, 5.74) is 2.93. The lowest BCUT2D eigenvalue weighted by Gasteiger charge is -2.07. The second-order valence-electron chi connectivity index (χ2n) is 4.00. The second-order valence-corrected chi connectivity index (χ2v) is 4.92. The molecule has 90 valence electrons. The molecule has 1 N–H and O–H groups in total. The van der Waals surface area contributed by atoms with Gasteiger partial charge in [-0.05, 0) is 34.5 Å². The lowest BCUT2D eigenvalue weighted by Crippen LogP contribution is -2.03. The smallest absolute Gasteiger partial charge is 0.144 e. The first-order valence-corrected chi connectivity index (χ1v) is 6.33. The van der Waals surface area contributed by atoms with Crippen molar-refractivity contribution >= 4 is 21.7 Å². The molecule has 0 radical (unpaired) electrons. The van der Waals surface area contributed by atoms with Crippen molar-refractivity contribution in [1.82, 2.24) is 4.98 Å². The van der Waals surface area contributed by atoms with Crippen LogP contribution in [0.2, 0.25) is 0 Å². The van der Waals surface area contributed by atoms with Crippen LogP contribution in [0.4, 0.5) is 5.82 Å². The van der Waals surface area contributed by atoms with Crippen molar-refractivity contribution in [3.05, 3.63) is 57.7 Å². The van der Waals surface area contributed by atoms with Crippen LogP contribution in [0.25, 0.3) is 0 Å². The number of benzene rings is 1. The minimum atomic E-state index is 0.538. The predicted molar refractivity (Wildman–Crippen MR) is 75.2 cm³/mol. The van der Waals surface area contributed by atoms with Crippen molar-refractivity contribution in [2.75, 3.05) is 5.32 Å². The van der Waals surface area contributed by atoms with Gasteiger partial charge in [0.25, 0.3) is 0 Å². The second kappa shape index (κ2) is 5.65. The summed E-state index contributed by atoms with van der Waals surface area (Å²) in [7, 11) is 0. The highest BCUT2D eigenvalue weighted by molar-refractivity contribution is 9.10. The molecule has 2 aromatic rings. The van der Waals surface area contributed by atoms with Crippen LogP contribution in [0, 0.1) is 18.3 Å². The van der Waals surface area contributed by atoms with Crippen molar-refractivity contribution in [3.63, 3.8) is 0 Å². The van der Waals surface area contributed by atoms with E-state index in [9.17, 15) is 0 Å². The van der Waals surface area contributed by atoms with E-state index in [-0.39, 0.29) is 0 Å². The van der Waals surface area contributed by atoms with Crippen LogP contribution in [-0.2, 0) is 6.54 Å². The molecule has 0 aliphatic heterocycles. The molecule has 0 aliphatic rings. The Morgan fingerprint density at radius 3 is 2.72 bits per heavy atom. The van der Waals surface area contributed by atoms with Crippen molar-refractivity contribution in [2.24, 2.45) is 0 Å². The van der Waals surface area contributed by atoms with Crippen molar-refractivity contribution in [1.29, 1.82) is 5.26 Å². The lowest BCUT2D eigenvalue weighted by molar-refractivity contribution is 1.10. The molecule has 0 saturated carbocycles. The third kappa shape index (κ3) is 3.08. The highest BCUT2D eigenvalue weighted by Crippen LogP contribution is 2.17. The van der Waals surface area contributed by atoms with E-state index < -0.39 is 0 Å². The number of hydrogen-bond acceptors (Lipinski definition) is 3. The summed E-state index contributed by atoms with van der Waals surface area (Å²) in [6.45, 7) is 2.71. The molecule has 2 rings (SSSR count). The average molecular weight is 302 g/mol. The lowest BCUT2D eigenvalue weighted by atomic mass is 10.1. The van der Waals surface area contributed by atoms with Crippen molar-refractivity contribution < 1.29 is 0 Å². The molecule has 0 saturated heterocycles. The minimum Gasteiger partial charge on any atom is -0.365 e. The standard InChI is InChI=1S/C14H12BrN3/c1-10-2-4-11(5-3-10)8-17-14-12(7-16)6-13(15)9-18-14/h2-6,9H,8H2,1H3,(H,17,18). The van der Waals surface area contributed by atoms with Crippen LogP contribution >= 0.6 is 15.9 Å². The van der Waals surface area contributed by atoms with E-state index in [1.807, 2.05) is 0 Å². The van der Waals surface area contributed by atoms with Crippen LogP contribution in [-0.4, -0.2) is 4.98 Å². The molecule has 4 heteroatoms. The van der Waals surface area contributed by atoms with E-state index in [2.05, 4.69) is 63.5 Å². The zero-order valence-electron chi connectivity index (χ0n) is 9.94. The van der Waals surface area contributed by atoms with Crippen molar-refractivity contribution in [3.8, 4) is 6.07 Å². The highest BCUT2D eigenvalue weighted by atomic mass is 79.9. The maximum atomic E-state index is 9.03. The molecule has 18 heavy (non-hydrogen) atoms. The number of anilines is 1. The highest BCUT2D eigenvalue weighted by Gasteiger charge is 2.03. The van der Waals surface area contributed by atoms with Gasteiger partial charge in [0.15, 0.2) is 0 Å². The van der Waals surface area contributed by atoms with Gasteiger partial charge in [-0.1, -0.05) is 29.8 Å². The fourth-order valence-corrected chi connectivity index (χ4v) is 1.89. The quantitative estimate of drug-likeness (QED) is 0.941. The fourth-order valence-electron chi connectivity index (χ4n) is 1.56. The molecule has 0 atom stereocenters. The van der Waals surface area contributed by atoms with Crippen LogP contribution in [0.15, 0.2) is 41.0 Å². The van der Waals surface area contributed by atoms with E-state index in [0.717, 1.165) is 10.0 Å². The number of hydrogen-bond donors (Lipinski definition) is 1. The van der Waals surface area contributed by atoms with E-state index in [1.165, 1.54) is 5.56 Å². The Bertz CT molecular complexity index is 585. The molecule has 3 nitrogen and oxygen atoms in total. The number of pyridine rings is 1. The predicted octanol–water partition coefficient (Wildman–Crippen LogP) is 3.64. The maximum absolute atomic E-state index is 9.03. The zero-order chi connectivity index (χ0) is 13.0. The number of nitrogens with one attached hydrogen (secondary N) is 1. The Balaban J connectivity index is 2.11. The normalized spacial score (nSPS) is 9.83. The Morgan fingerprint density at radius 2 is 2.06 bits per heavy atom. The summed E-state index contributed by atoms with van der Waals surface area (Å²) in [6, 6.07) is 12.1. The van der Waals surface area contributed by atoms with E-state index in [0.29, 0.717) is 17.9 Å². The molecule has 1 aromatic carbocycles. The van der Waals surface area contributed by atoms with Gasteiger partial charge in [0, 0.05) is 17.2 Å². The monoisotopic (exact) mass is 301 g/mol. The van der Waals surface area contributed by atoms with Gasteiger partial charge in [-0.15, -0.1) is 0 Å². The molecule has 0 spiro atoms. The first kappa shape index (κ1) is 12.6. The maximum Gasteiger partial charge on any atom is 0.144 e. The molecule has 0 amide bonds. The van der Waals surface area contributed by atoms with Crippen LogP contribution in [0.5, 0.6) is 0 Å². The van der Waals surface area contributed by atoms with E-state index in [1.54, 1.807) is 12.3 Å². The van der Waals surface area contributed by atoms with Crippen LogP contribution in [0.3, 0.4) is 0 Å². The summed E-state index contributed by atoms with van der Waals surface area (Å²) >= 11 is 3.30. The Hall–Kier alpha value is -1.86. The number of nitrogens with zero attached hydrogens (tertiary/aromatic N) is 2. The van der Waals surface area contributed by atoms with Gasteiger partial charge in [-0.2, -0.15) is 5.26 Å². The number of halogens is 1. The van der Waals surface area contributed by atoms with Gasteiger partial charge >= 0.3 is 0 Å². The number of aromatic nitrogens is 1. The zero-order valence-corrected chi connectivity index (χ0v) is 11.5. The third-order valence-corrected chi connectivity index (χ3v) is 2.99. The molecular weight excluding hydrogens is 290 g/mol. The largest absolute Gasteiger partial charge is 0.365 e. The third-order valence-electron chi connectivity index (χ3n) is 2.56. The summed E-state index contributed by atoms with van der Waals surface area (Å²) in [5.74, 6) is 0.612. The summed E-state index contributed by atoms with van der Waals surface area (Å²) in [6.07, 6.45) is 1.68. The SMILES string of the molecule is Cc1ccc(CNc2ncc(Br)cc2C#N)cc1. The molecule has 1 aromatic heterocycles. The van der Waals surface area contributed by atoms with E-state index in [4.69, 9.17) is 5.26 Å². The Labute approximate surface area is 115 Å². The Morgan fingerprint density at radius 1 is 1.33 bits per heavy atom. The number of rotatable bonds is 3. The summed E-state index contributed by atoms with van der Waals surface area (Å²) < 4.78 is 0.805. The summed E-state index contributed by atoms with van der Waals surface area (Å²) in [4.78, 5) is 4.20. The van der Waals surface area contributed by atoms with Crippen LogP contribution < -0.4 is 5.32 Å². The van der Waals surface area contributed by atoms with Gasteiger partial charge in [0.05, 0.1) is 5.56 Å². The fraction of sp³-hybridized carbons (Fsp3) is 0.143. The van der Waals surface area contributed by atoms with Gasteiger partial charge in [0.2, 0.25) is 0 Å². The molecule has 0 bridgehead atoms. The summed E-state index contributed by atoms with van der Waals surface area (Å²) in [5, 5.41) is 12.2. The van der Waals surface area contributed by atoms with E-state index >= 15 is 0 Å². The Kier molecular flexibility index (Phi) is 3.96. The molecule has 1 heterocycles. The number of aryl methyl sites for hydroxylation is 1. The molecule has 0 unspecified atom stereocenters. The number of nitriles is 1. The van der Waals surface area contributed by atoms with Gasteiger partial charge in [-0.25, -0.2) is 4.98 Å². The van der Waals surface area contributed by atoms with Gasteiger partial charge in [-0.3, -0.25) is 0 Å². The van der Waals surface area contributed by atoms with Crippen LogP contribution in [0.1, 0.15) is 16.7 Å². The van der Waals surface area contributed by atoms with Gasteiger partial charge in [0.1, 0.15) is 11.9 Å². The van der Waals surface area contributed by atoms with Gasteiger partial charge < -0.3 is 5.32 Å². The first-order chi connectivity index (χ1) is 8.69. The first-order valence-electron chi connectivity index (χ1n) is 5.54. The molecular formula is C14H12BrN3. The minimum absolute atomic E-state index is 0.538. The topological polar surface area (TPSA) is 48.7 Å². The molecule has 0 fully saturated rings.